The van der Waals surface area contributed by atoms with Crippen molar-refractivity contribution < 1.29 is 13.2 Å². The minimum absolute atomic E-state index is 0.0134. The second-order valence-electron chi connectivity index (χ2n) is 4.69. The van der Waals surface area contributed by atoms with Crippen molar-refractivity contribution in [2.75, 3.05) is 6.61 Å². The molecule has 0 spiro atoms. The van der Waals surface area contributed by atoms with E-state index in [0.717, 1.165) is 17.1 Å². The van der Waals surface area contributed by atoms with E-state index in [2.05, 4.69) is 20.2 Å². The molecular weight excluding hydrogens is 350 g/mol. The number of nitrogens with one attached hydrogen (secondary N) is 1. The predicted octanol–water partition coefficient (Wildman–Crippen LogP) is 1.60. The minimum Gasteiger partial charge on any atom is -0.494 e. The molecule has 3 aromatic rings. The third kappa shape index (κ3) is 3.61. The molecule has 1 aromatic carbocycles. The Kier molecular flexibility index (Phi) is 4.88. The van der Waals surface area contributed by atoms with Gasteiger partial charge in [0.05, 0.1) is 18.8 Å². The van der Waals surface area contributed by atoms with Crippen LogP contribution in [0.2, 0.25) is 0 Å². The molecule has 10 heteroatoms. The van der Waals surface area contributed by atoms with Gasteiger partial charge in [-0.25, -0.2) is 13.1 Å². The molecule has 0 saturated carbocycles. The van der Waals surface area contributed by atoms with Gasteiger partial charge >= 0.3 is 0 Å². The molecule has 126 valence electrons. The van der Waals surface area contributed by atoms with Crippen LogP contribution < -0.4 is 9.46 Å². The second kappa shape index (κ2) is 7.07. The summed E-state index contributed by atoms with van der Waals surface area (Å²) in [7, 11) is -3.57. The summed E-state index contributed by atoms with van der Waals surface area (Å²) >= 11 is 1.15. The highest BCUT2D eigenvalue weighted by molar-refractivity contribution is 7.91. The fourth-order valence-corrected chi connectivity index (χ4v) is 4.03. The van der Waals surface area contributed by atoms with Crippen molar-refractivity contribution in [3.63, 3.8) is 0 Å². The van der Waals surface area contributed by atoms with Crippen LogP contribution in [0.5, 0.6) is 5.75 Å². The summed E-state index contributed by atoms with van der Waals surface area (Å²) in [6.45, 7) is 2.48. The standard InChI is InChI=1S/C14H15N5O3S2/c1-2-22-12-7-5-11(6-8-12)19-13(16-17-18-19)10-15-24(20,21)14-4-3-9-23-14/h3-9,15H,2,10H2,1H3. The van der Waals surface area contributed by atoms with Crippen molar-refractivity contribution in [1.29, 1.82) is 0 Å². The maximum absolute atomic E-state index is 12.2. The Morgan fingerprint density at radius 2 is 2.04 bits per heavy atom. The summed E-state index contributed by atoms with van der Waals surface area (Å²) < 4.78 is 33.9. The van der Waals surface area contributed by atoms with E-state index >= 15 is 0 Å². The Morgan fingerprint density at radius 3 is 2.71 bits per heavy atom. The highest BCUT2D eigenvalue weighted by atomic mass is 32.2. The molecular formula is C14H15N5O3S2. The molecule has 0 aliphatic heterocycles. The number of sulfonamides is 1. The summed E-state index contributed by atoms with van der Waals surface area (Å²) in [6, 6.07) is 10.4. The molecule has 0 fully saturated rings. The van der Waals surface area contributed by atoms with Crippen LogP contribution in [0.15, 0.2) is 46.0 Å². The minimum atomic E-state index is -3.57. The van der Waals surface area contributed by atoms with E-state index in [1.807, 2.05) is 6.92 Å². The summed E-state index contributed by atoms with van der Waals surface area (Å²) in [5.74, 6) is 1.13. The van der Waals surface area contributed by atoms with Crippen LogP contribution >= 0.6 is 11.3 Å². The van der Waals surface area contributed by atoms with Gasteiger partial charge in [0.15, 0.2) is 5.82 Å². The number of benzene rings is 1. The van der Waals surface area contributed by atoms with Crippen LogP contribution in [0.1, 0.15) is 12.7 Å². The number of tetrazole rings is 1. The summed E-state index contributed by atoms with van der Waals surface area (Å²) in [4.78, 5) is 0. The average molecular weight is 365 g/mol. The SMILES string of the molecule is CCOc1ccc(-n2nnnc2CNS(=O)(=O)c2cccs2)cc1. The van der Waals surface area contributed by atoms with Gasteiger partial charge in [0.1, 0.15) is 9.96 Å². The molecule has 24 heavy (non-hydrogen) atoms. The summed E-state index contributed by atoms with van der Waals surface area (Å²) in [5, 5.41) is 13.1. The molecule has 0 radical (unpaired) electrons. The first-order chi connectivity index (χ1) is 11.6. The van der Waals surface area contributed by atoms with E-state index in [0.29, 0.717) is 18.1 Å². The van der Waals surface area contributed by atoms with Crippen LogP contribution in [0.3, 0.4) is 0 Å². The number of rotatable bonds is 7. The van der Waals surface area contributed by atoms with Crippen LogP contribution in [0.25, 0.3) is 5.69 Å². The third-order valence-electron chi connectivity index (χ3n) is 3.11. The van der Waals surface area contributed by atoms with Crippen molar-refractivity contribution in [2.45, 2.75) is 17.7 Å². The smallest absolute Gasteiger partial charge is 0.250 e. The van der Waals surface area contributed by atoms with Crippen LogP contribution in [-0.2, 0) is 16.6 Å². The van der Waals surface area contributed by atoms with Crippen molar-refractivity contribution in [3.05, 3.63) is 47.6 Å². The lowest BCUT2D eigenvalue weighted by molar-refractivity contribution is 0.340. The monoisotopic (exact) mass is 365 g/mol. The Labute approximate surface area is 143 Å². The molecule has 8 nitrogen and oxygen atoms in total. The van der Waals surface area contributed by atoms with E-state index in [9.17, 15) is 8.42 Å². The van der Waals surface area contributed by atoms with E-state index in [1.54, 1.807) is 41.8 Å². The molecule has 0 bridgehead atoms. The second-order valence-corrected chi connectivity index (χ2v) is 7.63. The van der Waals surface area contributed by atoms with Crippen molar-refractivity contribution in [2.24, 2.45) is 0 Å². The molecule has 0 unspecified atom stereocenters. The first-order valence-electron chi connectivity index (χ1n) is 7.14. The average Bonchev–Trinajstić information content (AvgIpc) is 3.26. The quantitative estimate of drug-likeness (QED) is 0.683. The highest BCUT2D eigenvalue weighted by Crippen LogP contribution is 2.17. The number of nitrogens with zero attached hydrogens (tertiary/aromatic N) is 4. The normalized spacial score (nSPS) is 11.5. The number of ether oxygens (including phenoxy) is 1. The number of thiophene rings is 1. The Balaban J connectivity index is 1.76. The van der Waals surface area contributed by atoms with E-state index < -0.39 is 10.0 Å². The van der Waals surface area contributed by atoms with E-state index in [-0.39, 0.29) is 10.8 Å². The molecule has 0 atom stereocenters. The van der Waals surface area contributed by atoms with Crippen LogP contribution in [0.4, 0.5) is 0 Å². The molecule has 0 aliphatic rings. The topological polar surface area (TPSA) is 99.0 Å². The van der Waals surface area contributed by atoms with Gasteiger partial charge in [-0.05, 0) is 53.1 Å². The van der Waals surface area contributed by atoms with Crippen molar-refractivity contribution in [3.8, 4) is 11.4 Å². The molecule has 2 aromatic heterocycles. The number of hydrogen-bond donors (Lipinski definition) is 1. The Bertz CT molecular complexity index is 889. The zero-order valence-electron chi connectivity index (χ0n) is 12.8. The van der Waals surface area contributed by atoms with Gasteiger partial charge in [-0.3, -0.25) is 0 Å². The molecule has 0 saturated heterocycles. The fourth-order valence-electron chi connectivity index (χ4n) is 2.01. The lowest BCUT2D eigenvalue weighted by Crippen LogP contribution is -2.24. The summed E-state index contributed by atoms with van der Waals surface area (Å²) in [6.07, 6.45) is 0. The van der Waals surface area contributed by atoms with E-state index in [4.69, 9.17) is 4.74 Å². The molecule has 2 heterocycles. The van der Waals surface area contributed by atoms with Crippen molar-refractivity contribution >= 4 is 21.4 Å². The van der Waals surface area contributed by atoms with Gasteiger partial charge in [-0.15, -0.1) is 16.4 Å². The number of hydrogen-bond acceptors (Lipinski definition) is 7. The highest BCUT2D eigenvalue weighted by Gasteiger charge is 2.17. The van der Waals surface area contributed by atoms with Crippen LogP contribution in [0, 0.1) is 0 Å². The van der Waals surface area contributed by atoms with Gasteiger partial charge in [0, 0.05) is 0 Å². The van der Waals surface area contributed by atoms with Gasteiger partial charge in [0.25, 0.3) is 0 Å². The number of aromatic nitrogens is 4. The largest absolute Gasteiger partial charge is 0.494 e. The van der Waals surface area contributed by atoms with Gasteiger partial charge in [0.2, 0.25) is 10.0 Å². The Hall–Kier alpha value is -2.30. The molecule has 0 aliphatic carbocycles. The van der Waals surface area contributed by atoms with Gasteiger partial charge in [-0.2, -0.15) is 4.68 Å². The summed E-state index contributed by atoms with van der Waals surface area (Å²) in [5.41, 5.74) is 0.716. The Morgan fingerprint density at radius 1 is 1.25 bits per heavy atom. The molecule has 1 N–H and O–H groups in total. The third-order valence-corrected chi connectivity index (χ3v) is 5.91. The maximum Gasteiger partial charge on any atom is 0.250 e. The lowest BCUT2D eigenvalue weighted by Gasteiger charge is -2.07. The zero-order chi connectivity index (χ0) is 17.0. The first-order valence-corrected chi connectivity index (χ1v) is 9.50. The first kappa shape index (κ1) is 16.6. The maximum atomic E-state index is 12.2. The van der Waals surface area contributed by atoms with Gasteiger partial charge in [-0.1, -0.05) is 6.07 Å². The van der Waals surface area contributed by atoms with Crippen molar-refractivity contribution in [1.82, 2.24) is 24.9 Å². The van der Waals surface area contributed by atoms with E-state index in [1.165, 1.54) is 4.68 Å². The van der Waals surface area contributed by atoms with Gasteiger partial charge < -0.3 is 4.74 Å². The molecule has 0 amide bonds. The lowest BCUT2D eigenvalue weighted by atomic mass is 10.3. The fraction of sp³-hybridized carbons (Fsp3) is 0.214. The van der Waals surface area contributed by atoms with Crippen LogP contribution in [-0.4, -0.2) is 35.2 Å². The molecule has 3 rings (SSSR count). The zero-order valence-corrected chi connectivity index (χ0v) is 14.4. The predicted molar refractivity (Wildman–Crippen MR) is 88.7 cm³/mol.